The minimum absolute atomic E-state index is 0.0891. The summed E-state index contributed by atoms with van der Waals surface area (Å²) in [6, 6.07) is 13.0. The molecule has 1 aliphatic heterocycles. The molecular weight excluding hydrogens is 504 g/mol. The summed E-state index contributed by atoms with van der Waals surface area (Å²) in [4.78, 5) is 21.6. The van der Waals surface area contributed by atoms with Gasteiger partial charge >= 0.3 is 0 Å². The van der Waals surface area contributed by atoms with E-state index in [4.69, 9.17) is 4.42 Å². The zero-order valence-corrected chi connectivity index (χ0v) is 20.4. The minimum atomic E-state index is -4.59. The first-order valence-electron chi connectivity index (χ1n) is 10.9. The van der Waals surface area contributed by atoms with Crippen LogP contribution in [0.3, 0.4) is 0 Å². The van der Waals surface area contributed by atoms with Gasteiger partial charge in [0.05, 0.1) is 12.0 Å². The quantitative estimate of drug-likeness (QED) is 0.376. The number of nitrogens with zero attached hydrogens (tertiary/aromatic N) is 4. The molecule has 0 unspecified atom stereocenters. The number of rotatable bonds is 6. The number of pyridine rings is 2. The summed E-state index contributed by atoms with van der Waals surface area (Å²) >= 11 is 0. The molecule has 10 nitrogen and oxygen atoms in total. The summed E-state index contributed by atoms with van der Waals surface area (Å²) in [6.45, 7) is 0.442. The van der Waals surface area contributed by atoms with Crippen LogP contribution in [0.4, 0.5) is 11.4 Å². The summed E-state index contributed by atoms with van der Waals surface area (Å²) < 4.78 is 60.3. The molecule has 3 aromatic heterocycles. The number of hydrogen-bond acceptors (Lipinski definition) is 8. The standard InChI is InChI=1S/C24H20N4O6S2/c29-24(23-8-4-14-34-23)27-13-3-5-18-15-19(9-10-22(18)27)28(35(30,31)20-6-1-11-25-16-20)36(32,33)21-7-2-12-26-17-21/h1-2,4,6-12,14-17H,3,5,13H2. The highest BCUT2D eigenvalue weighted by Crippen LogP contribution is 2.36. The van der Waals surface area contributed by atoms with Crippen LogP contribution < -0.4 is 8.61 Å². The maximum atomic E-state index is 13.7. The Morgan fingerprint density at radius 3 is 2.11 bits per heavy atom. The van der Waals surface area contributed by atoms with Crippen molar-refractivity contribution < 1.29 is 26.0 Å². The molecule has 0 saturated heterocycles. The molecule has 4 aromatic rings. The Morgan fingerprint density at radius 2 is 1.56 bits per heavy atom. The Bertz CT molecular complexity index is 1540. The molecule has 36 heavy (non-hydrogen) atoms. The SMILES string of the molecule is O=C(c1ccco1)N1CCCc2cc(N(S(=O)(=O)c3cccnc3)S(=O)(=O)c3cccnc3)ccc21. The van der Waals surface area contributed by atoms with Crippen LogP contribution >= 0.6 is 0 Å². The number of sulfonamides is 2. The number of amides is 1. The summed E-state index contributed by atoms with van der Waals surface area (Å²) in [5.74, 6) is -0.164. The van der Waals surface area contributed by atoms with Crippen molar-refractivity contribution in [1.82, 2.24) is 9.97 Å². The van der Waals surface area contributed by atoms with E-state index in [9.17, 15) is 21.6 Å². The fourth-order valence-corrected chi connectivity index (χ4v) is 7.64. The van der Waals surface area contributed by atoms with Crippen molar-refractivity contribution in [3.63, 3.8) is 0 Å². The van der Waals surface area contributed by atoms with Crippen LogP contribution in [-0.4, -0.2) is 39.3 Å². The van der Waals surface area contributed by atoms with Gasteiger partial charge < -0.3 is 9.32 Å². The van der Waals surface area contributed by atoms with Gasteiger partial charge in [0.25, 0.3) is 26.0 Å². The van der Waals surface area contributed by atoms with Gasteiger partial charge in [0.1, 0.15) is 9.79 Å². The molecule has 0 aliphatic carbocycles. The topological polar surface area (TPSA) is 131 Å². The Labute approximate surface area is 207 Å². The van der Waals surface area contributed by atoms with Gasteiger partial charge in [0.15, 0.2) is 5.76 Å². The predicted molar refractivity (Wildman–Crippen MR) is 130 cm³/mol. The van der Waals surface area contributed by atoms with Gasteiger partial charge in [-0.1, -0.05) is 0 Å². The average Bonchev–Trinajstić information content (AvgIpc) is 3.44. The van der Waals surface area contributed by atoms with Crippen molar-refractivity contribution in [2.45, 2.75) is 22.6 Å². The fraction of sp³-hybridized carbons (Fsp3) is 0.125. The third kappa shape index (κ3) is 4.14. The Hall–Kier alpha value is -4.03. The van der Waals surface area contributed by atoms with Crippen molar-refractivity contribution in [3.05, 3.63) is 97.0 Å². The summed E-state index contributed by atoms with van der Waals surface area (Å²) in [5, 5.41) is 0. The van der Waals surface area contributed by atoms with E-state index in [-0.39, 0.29) is 27.1 Å². The number of furan rings is 1. The van der Waals surface area contributed by atoms with Crippen LogP contribution in [0.15, 0.2) is 99.9 Å². The molecule has 4 heterocycles. The molecule has 12 heteroatoms. The van der Waals surface area contributed by atoms with Crippen molar-refractivity contribution in [2.75, 3.05) is 15.2 Å². The Morgan fingerprint density at radius 1 is 0.889 bits per heavy atom. The van der Waals surface area contributed by atoms with Crippen molar-refractivity contribution in [3.8, 4) is 0 Å². The third-order valence-electron chi connectivity index (χ3n) is 5.67. The highest BCUT2D eigenvalue weighted by atomic mass is 32.3. The molecule has 0 saturated carbocycles. The fourth-order valence-electron chi connectivity index (χ4n) is 4.04. The van der Waals surface area contributed by atoms with E-state index in [2.05, 4.69) is 9.97 Å². The molecule has 1 aliphatic rings. The molecule has 0 atom stereocenters. The van der Waals surface area contributed by atoms with Gasteiger partial charge in [-0.3, -0.25) is 14.8 Å². The van der Waals surface area contributed by atoms with Gasteiger partial charge in [-0.15, -0.1) is 0 Å². The third-order valence-corrected chi connectivity index (χ3v) is 9.82. The van der Waals surface area contributed by atoms with Crippen LogP contribution in [0.1, 0.15) is 22.5 Å². The van der Waals surface area contributed by atoms with E-state index in [1.807, 2.05) is 0 Å². The normalized spacial score (nSPS) is 13.7. The molecule has 0 fully saturated rings. The second kappa shape index (κ2) is 9.21. The predicted octanol–water partition coefficient (Wildman–Crippen LogP) is 3.25. The summed E-state index contributed by atoms with van der Waals surface area (Å²) in [6.07, 6.45) is 7.50. The molecule has 5 rings (SSSR count). The molecule has 0 radical (unpaired) electrons. The Balaban J connectivity index is 1.64. The monoisotopic (exact) mass is 524 g/mol. The number of anilines is 2. The van der Waals surface area contributed by atoms with Crippen LogP contribution in [0.5, 0.6) is 0 Å². The van der Waals surface area contributed by atoms with Crippen LogP contribution in [0.2, 0.25) is 0 Å². The lowest BCUT2D eigenvalue weighted by atomic mass is 10.0. The molecule has 1 amide bonds. The molecule has 1 aromatic carbocycles. The van der Waals surface area contributed by atoms with E-state index < -0.39 is 20.0 Å². The van der Waals surface area contributed by atoms with Crippen molar-refractivity contribution in [1.29, 1.82) is 0 Å². The lowest BCUT2D eigenvalue weighted by Gasteiger charge is -2.30. The maximum Gasteiger partial charge on any atom is 0.293 e. The molecule has 0 spiro atoms. The van der Waals surface area contributed by atoms with E-state index >= 15 is 0 Å². The van der Waals surface area contributed by atoms with Gasteiger partial charge in [-0.25, -0.2) is 0 Å². The minimum Gasteiger partial charge on any atom is -0.459 e. The smallest absolute Gasteiger partial charge is 0.293 e. The largest absolute Gasteiger partial charge is 0.459 e. The zero-order valence-electron chi connectivity index (χ0n) is 18.8. The molecule has 184 valence electrons. The first-order chi connectivity index (χ1) is 17.3. The number of fused-ring (bicyclic) bond motifs is 1. The lowest BCUT2D eigenvalue weighted by Crippen LogP contribution is -2.38. The number of aryl methyl sites for hydroxylation is 1. The number of aromatic nitrogens is 2. The van der Waals surface area contributed by atoms with Gasteiger partial charge in [-0.05, 0) is 73.0 Å². The Kier molecular flexibility index (Phi) is 6.06. The lowest BCUT2D eigenvalue weighted by molar-refractivity contribution is 0.0958. The highest BCUT2D eigenvalue weighted by Gasteiger charge is 2.38. The van der Waals surface area contributed by atoms with Crippen LogP contribution in [-0.2, 0) is 26.5 Å². The van der Waals surface area contributed by atoms with E-state index in [0.717, 1.165) is 12.4 Å². The van der Waals surface area contributed by atoms with Crippen LogP contribution in [0.25, 0.3) is 0 Å². The number of hydrogen-bond donors (Lipinski definition) is 0. The van der Waals surface area contributed by atoms with E-state index in [1.54, 1.807) is 18.2 Å². The first-order valence-corrected chi connectivity index (χ1v) is 13.8. The number of benzene rings is 1. The molecular formula is C24H20N4O6S2. The van der Waals surface area contributed by atoms with Gasteiger partial charge in [0, 0.05) is 37.0 Å². The summed E-state index contributed by atoms with van der Waals surface area (Å²) in [7, 11) is -9.18. The second-order valence-electron chi connectivity index (χ2n) is 7.94. The highest BCUT2D eigenvalue weighted by molar-refractivity contribution is 8.10. The van der Waals surface area contributed by atoms with Crippen molar-refractivity contribution >= 4 is 37.3 Å². The summed E-state index contributed by atoms with van der Waals surface area (Å²) in [5.41, 5.74) is 1.10. The van der Waals surface area contributed by atoms with Crippen molar-refractivity contribution in [2.24, 2.45) is 0 Å². The van der Waals surface area contributed by atoms with Gasteiger partial charge in [0.2, 0.25) is 0 Å². The number of carbonyl (C=O) groups is 1. The van der Waals surface area contributed by atoms with E-state index in [0.29, 0.717) is 34.3 Å². The average molecular weight is 525 g/mol. The molecule has 0 N–H and O–H groups in total. The maximum absolute atomic E-state index is 13.7. The molecule has 0 bridgehead atoms. The second-order valence-corrected chi connectivity index (χ2v) is 11.7. The van der Waals surface area contributed by atoms with E-state index in [1.165, 1.54) is 60.0 Å². The first kappa shape index (κ1) is 23.7. The van der Waals surface area contributed by atoms with Gasteiger partial charge in [-0.2, -0.15) is 20.5 Å². The zero-order chi connectivity index (χ0) is 25.3. The van der Waals surface area contributed by atoms with Crippen LogP contribution in [0, 0.1) is 0 Å². The number of carbonyl (C=O) groups excluding carboxylic acids is 1.